The summed E-state index contributed by atoms with van der Waals surface area (Å²) in [7, 11) is 0. The highest BCUT2D eigenvalue weighted by atomic mass is 32.1. The first-order chi connectivity index (χ1) is 19.9. The first kappa shape index (κ1) is 25.4. The SMILES string of the molecule is CC(C)(C)Cc1ccc2cc3c(cc2c1)sc1c(-c2cccc(Oc4cccc(-c5ccccc5)n4)c2)nccc13. The highest BCUT2D eigenvalue weighted by Crippen LogP contribution is 2.41. The molecule has 4 heteroatoms. The quantitative estimate of drug-likeness (QED) is 0.214. The molecule has 0 N–H and O–H groups in total. The molecule has 0 atom stereocenters. The van der Waals surface area contributed by atoms with Gasteiger partial charge in [0.1, 0.15) is 5.75 Å². The Labute approximate surface area is 244 Å². The van der Waals surface area contributed by atoms with Crippen LogP contribution >= 0.6 is 11.3 Å². The van der Waals surface area contributed by atoms with Gasteiger partial charge in [-0.15, -0.1) is 11.3 Å². The molecule has 4 aromatic carbocycles. The van der Waals surface area contributed by atoms with Gasteiger partial charge >= 0.3 is 0 Å². The molecule has 41 heavy (non-hydrogen) atoms. The summed E-state index contributed by atoms with van der Waals surface area (Å²) in [5.74, 6) is 1.30. The molecule has 0 aliphatic rings. The van der Waals surface area contributed by atoms with E-state index in [1.807, 2.05) is 66.1 Å². The van der Waals surface area contributed by atoms with Crippen LogP contribution in [0.4, 0.5) is 0 Å². The van der Waals surface area contributed by atoms with Crippen LogP contribution in [0.15, 0.2) is 115 Å². The summed E-state index contributed by atoms with van der Waals surface area (Å²) in [6.45, 7) is 6.87. The molecular formula is C37H30N2OS. The number of aromatic nitrogens is 2. The number of hydrogen-bond acceptors (Lipinski definition) is 4. The number of ether oxygens (including phenoxy) is 1. The fraction of sp³-hybridized carbons (Fsp3) is 0.135. The summed E-state index contributed by atoms with van der Waals surface area (Å²) in [5, 5.41) is 5.08. The number of thiophene rings is 1. The Hall–Kier alpha value is -4.54. The third-order valence-electron chi connectivity index (χ3n) is 7.27. The van der Waals surface area contributed by atoms with Crippen molar-refractivity contribution in [2.45, 2.75) is 27.2 Å². The minimum absolute atomic E-state index is 0.259. The second kappa shape index (κ2) is 10.1. The highest BCUT2D eigenvalue weighted by molar-refractivity contribution is 7.26. The zero-order valence-corrected chi connectivity index (χ0v) is 24.2. The number of hydrogen-bond donors (Lipinski definition) is 0. The third kappa shape index (κ3) is 5.19. The van der Waals surface area contributed by atoms with Crippen molar-refractivity contribution in [2.24, 2.45) is 5.41 Å². The minimum Gasteiger partial charge on any atom is -0.439 e. The molecule has 0 aliphatic carbocycles. The largest absolute Gasteiger partial charge is 0.439 e. The number of benzene rings is 4. The molecule has 0 spiro atoms. The molecule has 7 aromatic rings. The number of nitrogens with zero attached hydrogens (tertiary/aromatic N) is 2. The predicted octanol–water partition coefficient (Wildman–Crippen LogP) is 10.7. The molecule has 0 radical (unpaired) electrons. The van der Waals surface area contributed by atoms with Crippen LogP contribution in [0.5, 0.6) is 11.6 Å². The Balaban J connectivity index is 1.25. The standard InChI is InChI=1S/C37H30N2OS/c1-37(2,3)23-24-15-16-26-21-31-30-17-18-38-35(36(30)41-33(31)22-28(26)19-24)27-11-7-12-29(20-27)40-34-14-8-13-32(39-34)25-9-5-4-6-10-25/h4-22H,23H2,1-3H3. The van der Waals surface area contributed by atoms with Gasteiger partial charge in [0.15, 0.2) is 0 Å². The highest BCUT2D eigenvalue weighted by Gasteiger charge is 2.15. The predicted molar refractivity (Wildman–Crippen MR) is 173 cm³/mol. The van der Waals surface area contributed by atoms with E-state index in [1.165, 1.54) is 36.5 Å². The molecule has 0 fully saturated rings. The zero-order valence-electron chi connectivity index (χ0n) is 23.4. The molecular weight excluding hydrogens is 520 g/mol. The van der Waals surface area contributed by atoms with Crippen LogP contribution in [0.2, 0.25) is 0 Å². The van der Waals surface area contributed by atoms with Crippen LogP contribution in [0, 0.1) is 5.41 Å². The molecule has 0 aliphatic heterocycles. The van der Waals surface area contributed by atoms with Gasteiger partial charge in [-0.2, -0.15) is 0 Å². The zero-order chi connectivity index (χ0) is 28.0. The Morgan fingerprint density at radius 2 is 1.54 bits per heavy atom. The molecule has 3 heterocycles. The molecule has 200 valence electrons. The van der Waals surface area contributed by atoms with Crippen molar-refractivity contribution in [1.29, 1.82) is 0 Å². The Kier molecular flexibility index (Phi) is 6.29. The normalized spacial score (nSPS) is 11.9. The number of fused-ring (bicyclic) bond motifs is 4. The Morgan fingerprint density at radius 3 is 2.39 bits per heavy atom. The van der Waals surface area contributed by atoms with Gasteiger partial charge in [-0.1, -0.05) is 87.5 Å². The maximum Gasteiger partial charge on any atom is 0.219 e. The molecule has 0 saturated carbocycles. The van der Waals surface area contributed by atoms with Crippen molar-refractivity contribution in [3.63, 3.8) is 0 Å². The second-order valence-corrected chi connectivity index (χ2v) is 12.8. The fourth-order valence-corrected chi connectivity index (χ4v) is 6.73. The van der Waals surface area contributed by atoms with Crippen molar-refractivity contribution in [2.75, 3.05) is 0 Å². The smallest absolute Gasteiger partial charge is 0.219 e. The fourth-order valence-electron chi connectivity index (χ4n) is 5.49. The summed E-state index contributed by atoms with van der Waals surface area (Å²) >= 11 is 1.81. The molecule has 3 nitrogen and oxygen atoms in total. The summed E-state index contributed by atoms with van der Waals surface area (Å²) < 4.78 is 8.71. The second-order valence-electron chi connectivity index (χ2n) is 11.8. The van der Waals surface area contributed by atoms with Crippen LogP contribution in [-0.2, 0) is 6.42 Å². The van der Waals surface area contributed by atoms with Gasteiger partial charge < -0.3 is 4.74 Å². The van der Waals surface area contributed by atoms with Gasteiger partial charge in [0.2, 0.25) is 5.88 Å². The van der Waals surface area contributed by atoms with Crippen molar-refractivity contribution < 1.29 is 4.74 Å². The summed E-state index contributed by atoms with van der Waals surface area (Å²) in [5.41, 5.74) is 5.58. The van der Waals surface area contributed by atoms with Gasteiger partial charge in [0.05, 0.1) is 16.1 Å². The first-order valence-corrected chi connectivity index (χ1v) is 14.8. The maximum absolute atomic E-state index is 6.24. The molecule has 0 saturated heterocycles. The monoisotopic (exact) mass is 550 g/mol. The summed E-state index contributed by atoms with van der Waals surface area (Å²) in [6, 6.07) is 37.9. The summed E-state index contributed by atoms with van der Waals surface area (Å²) in [4.78, 5) is 9.57. The van der Waals surface area contributed by atoms with E-state index in [2.05, 4.69) is 81.4 Å². The van der Waals surface area contributed by atoms with Gasteiger partial charge in [-0.25, -0.2) is 4.98 Å². The van der Waals surface area contributed by atoms with Crippen molar-refractivity contribution in [3.05, 3.63) is 121 Å². The van der Waals surface area contributed by atoms with E-state index in [1.54, 1.807) is 0 Å². The van der Waals surface area contributed by atoms with Crippen LogP contribution in [0.1, 0.15) is 26.3 Å². The van der Waals surface area contributed by atoms with Crippen molar-refractivity contribution >= 4 is 42.3 Å². The Morgan fingerprint density at radius 1 is 0.707 bits per heavy atom. The molecule has 3 aromatic heterocycles. The molecule has 0 bridgehead atoms. The summed E-state index contributed by atoms with van der Waals surface area (Å²) in [6.07, 6.45) is 2.98. The molecule has 7 rings (SSSR count). The maximum atomic E-state index is 6.24. The first-order valence-electron chi connectivity index (χ1n) is 13.9. The number of pyridine rings is 2. The van der Waals surface area contributed by atoms with Gasteiger partial charge in [-0.3, -0.25) is 4.98 Å². The Bertz CT molecular complexity index is 2040. The third-order valence-corrected chi connectivity index (χ3v) is 8.44. The average Bonchev–Trinajstić information content (AvgIpc) is 3.33. The topological polar surface area (TPSA) is 35.0 Å². The van der Waals surface area contributed by atoms with E-state index in [4.69, 9.17) is 14.7 Å². The van der Waals surface area contributed by atoms with Crippen molar-refractivity contribution in [1.82, 2.24) is 9.97 Å². The van der Waals surface area contributed by atoms with Crippen LogP contribution in [-0.4, -0.2) is 9.97 Å². The van der Waals surface area contributed by atoms with E-state index >= 15 is 0 Å². The van der Waals surface area contributed by atoms with Gasteiger partial charge in [-0.05, 0) is 64.6 Å². The van der Waals surface area contributed by atoms with E-state index in [9.17, 15) is 0 Å². The minimum atomic E-state index is 0.259. The van der Waals surface area contributed by atoms with E-state index in [-0.39, 0.29) is 5.41 Å². The average molecular weight is 551 g/mol. The van der Waals surface area contributed by atoms with Crippen LogP contribution in [0.25, 0.3) is 53.5 Å². The lowest BCUT2D eigenvalue weighted by Crippen LogP contribution is -2.08. The molecule has 0 unspecified atom stereocenters. The lowest BCUT2D eigenvalue weighted by atomic mass is 9.87. The lowest BCUT2D eigenvalue weighted by Gasteiger charge is -2.18. The van der Waals surface area contributed by atoms with Crippen LogP contribution in [0.3, 0.4) is 0 Å². The van der Waals surface area contributed by atoms with E-state index in [0.29, 0.717) is 5.88 Å². The molecule has 0 amide bonds. The van der Waals surface area contributed by atoms with E-state index in [0.717, 1.165) is 34.7 Å². The lowest BCUT2D eigenvalue weighted by molar-refractivity contribution is 0.411. The van der Waals surface area contributed by atoms with E-state index < -0.39 is 0 Å². The van der Waals surface area contributed by atoms with Gasteiger partial charge in [0, 0.05) is 38.9 Å². The van der Waals surface area contributed by atoms with Crippen LogP contribution < -0.4 is 4.74 Å². The number of rotatable bonds is 5. The van der Waals surface area contributed by atoms with Gasteiger partial charge in [0.25, 0.3) is 0 Å². The van der Waals surface area contributed by atoms with Crippen molar-refractivity contribution in [3.8, 4) is 34.1 Å².